The second-order valence-electron chi connectivity index (χ2n) is 19.7. The number of aliphatic hydroxyl groups is 2. The monoisotopic (exact) mass is 890 g/mol. The van der Waals surface area contributed by atoms with E-state index in [9.17, 15) is 19.8 Å². The van der Waals surface area contributed by atoms with Gasteiger partial charge in [-0.15, -0.1) is 0 Å². The Labute approximate surface area is 393 Å². The minimum atomic E-state index is -0.785. The maximum Gasteiger partial charge on any atom is 0.306 e. The molecule has 0 saturated carbocycles. The van der Waals surface area contributed by atoms with Gasteiger partial charge in [0.1, 0.15) is 6.10 Å². The van der Waals surface area contributed by atoms with E-state index in [-0.39, 0.29) is 24.9 Å². The van der Waals surface area contributed by atoms with Gasteiger partial charge in [0.2, 0.25) is 5.91 Å². The molecule has 0 rings (SSSR count). The van der Waals surface area contributed by atoms with Crippen molar-refractivity contribution in [3.8, 4) is 0 Å². The van der Waals surface area contributed by atoms with Crippen molar-refractivity contribution in [1.82, 2.24) is 5.32 Å². The summed E-state index contributed by atoms with van der Waals surface area (Å²) in [6.45, 7) is 6.52. The van der Waals surface area contributed by atoms with Crippen LogP contribution in [0, 0.1) is 0 Å². The average Bonchev–Trinajstić information content (AvgIpc) is 3.28. The van der Waals surface area contributed by atoms with Crippen molar-refractivity contribution < 1.29 is 24.5 Å². The lowest BCUT2D eigenvalue weighted by atomic mass is 10.0. The third-order valence-electron chi connectivity index (χ3n) is 13.3. The largest absolute Gasteiger partial charge is 0.462 e. The summed E-state index contributed by atoms with van der Waals surface area (Å²) >= 11 is 0. The Morgan fingerprint density at radius 2 is 0.762 bits per heavy atom. The third kappa shape index (κ3) is 46.9. The number of hydrogen-bond donors (Lipinski definition) is 3. The van der Waals surface area contributed by atoms with Gasteiger partial charge >= 0.3 is 5.97 Å². The van der Waals surface area contributed by atoms with E-state index in [0.29, 0.717) is 19.3 Å². The van der Waals surface area contributed by atoms with Gasteiger partial charge in [-0.25, -0.2) is 0 Å². The van der Waals surface area contributed by atoms with E-state index in [1.165, 1.54) is 212 Å². The van der Waals surface area contributed by atoms with Crippen LogP contribution in [0.3, 0.4) is 0 Å². The SMILES string of the molecule is CCCCCCCC/C=C/CCCCCCCC(CC(=O)NC(CO)C(O)CCCCCCCCCCCCCCCCC)OC(=O)CCCCCCCCCCCCCCCC. The second kappa shape index (κ2) is 51.6. The fourth-order valence-electron chi connectivity index (χ4n) is 9.02. The number of nitrogens with one attached hydrogen (secondary N) is 1. The molecule has 63 heavy (non-hydrogen) atoms. The lowest BCUT2D eigenvalue weighted by molar-refractivity contribution is -0.151. The molecule has 0 fully saturated rings. The molecule has 0 saturated heterocycles. The highest BCUT2D eigenvalue weighted by Gasteiger charge is 2.24. The van der Waals surface area contributed by atoms with E-state index < -0.39 is 18.2 Å². The van der Waals surface area contributed by atoms with E-state index in [4.69, 9.17) is 4.74 Å². The Bertz CT molecular complexity index is 955. The highest BCUT2D eigenvalue weighted by atomic mass is 16.5. The lowest BCUT2D eigenvalue weighted by Gasteiger charge is -2.24. The van der Waals surface area contributed by atoms with E-state index in [1.54, 1.807) is 0 Å². The van der Waals surface area contributed by atoms with Crippen LogP contribution in [0.1, 0.15) is 316 Å². The quantitative estimate of drug-likeness (QED) is 0.0321. The summed E-state index contributed by atoms with van der Waals surface area (Å²) in [6, 6.07) is -0.698. The molecule has 3 unspecified atom stereocenters. The Balaban J connectivity index is 4.52. The smallest absolute Gasteiger partial charge is 0.306 e. The summed E-state index contributed by atoms with van der Waals surface area (Å²) in [5.74, 6) is -0.460. The molecule has 3 atom stereocenters. The van der Waals surface area contributed by atoms with Gasteiger partial charge in [0.05, 0.1) is 25.2 Å². The number of aliphatic hydroxyl groups excluding tert-OH is 2. The molecule has 1 amide bonds. The van der Waals surface area contributed by atoms with Crippen LogP contribution in [0.2, 0.25) is 0 Å². The van der Waals surface area contributed by atoms with Gasteiger partial charge in [-0.1, -0.05) is 264 Å². The number of carbonyl (C=O) groups excluding carboxylic acids is 2. The molecular formula is C57H111NO5. The fraction of sp³-hybridized carbons (Fsp3) is 0.930. The number of rotatable bonds is 52. The number of unbranched alkanes of at least 4 members (excludes halogenated alkanes) is 38. The van der Waals surface area contributed by atoms with E-state index in [0.717, 1.165) is 57.8 Å². The number of hydrogen-bond acceptors (Lipinski definition) is 5. The van der Waals surface area contributed by atoms with Crippen molar-refractivity contribution in [2.45, 2.75) is 334 Å². The van der Waals surface area contributed by atoms with Crippen LogP contribution < -0.4 is 5.32 Å². The molecule has 0 bridgehead atoms. The molecule has 0 aliphatic rings. The topological polar surface area (TPSA) is 95.9 Å². The standard InChI is InChI=1S/C57H111NO5/c1-4-7-10-13-16-19-22-25-28-30-33-36-39-42-45-48-53(63-57(62)50-47-44-41-38-35-32-27-24-21-18-15-12-9-6-3)51-56(61)58-54(52-59)55(60)49-46-43-40-37-34-31-29-26-23-20-17-14-11-8-5-2/h25,28,53-55,59-60H,4-24,26-27,29-52H2,1-3H3,(H,58,61)/b28-25+. The van der Waals surface area contributed by atoms with Gasteiger partial charge < -0.3 is 20.3 Å². The molecule has 0 aromatic heterocycles. The molecule has 0 aliphatic heterocycles. The van der Waals surface area contributed by atoms with Crippen LogP contribution in [0.5, 0.6) is 0 Å². The van der Waals surface area contributed by atoms with Crippen LogP contribution in [0.4, 0.5) is 0 Å². The number of carbonyl (C=O) groups is 2. The number of amides is 1. The molecule has 0 aromatic rings. The van der Waals surface area contributed by atoms with Gasteiger partial charge in [0.25, 0.3) is 0 Å². The zero-order valence-electron chi connectivity index (χ0n) is 42.7. The molecule has 0 aromatic carbocycles. The van der Waals surface area contributed by atoms with Gasteiger partial charge in [-0.3, -0.25) is 9.59 Å². The van der Waals surface area contributed by atoms with Gasteiger partial charge in [0.15, 0.2) is 0 Å². The van der Waals surface area contributed by atoms with Crippen LogP contribution in [0.15, 0.2) is 12.2 Å². The van der Waals surface area contributed by atoms with Crippen LogP contribution >= 0.6 is 0 Å². The summed E-state index contributed by atoms with van der Waals surface area (Å²) in [4.78, 5) is 26.2. The first-order valence-corrected chi connectivity index (χ1v) is 28.4. The fourth-order valence-corrected chi connectivity index (χ4v) is 9.02. The molecule has 6 nitrogen and oxygen atoms in total. The molecular weight excluding hydrogens is 779 g/mol. The van der Waals surface area contributed by atoms with E-state index in [2.05, 4.69) is 38.2 Å². The van der Waals surface area contributed by atoms with Crippen molar-refractivity contribution in [3.05, 3.63) is 12.2 Å². The van der Waals surface area contributed by atoms with Crippen molar-refractivity contribution in [1.29, 1.82) is 0 Å². The number of allylic oxidation sites excluding steroid dienone is 2. The first-order valence-electron chi connectivity index (χ1n) is 28.4. The molecule has 0 heterocycles. The first kappa shape index (κ1) is 61.6. The second-order valence-corrected chi connectivity index (χ2v) is 19.7. The van der Waals surface area contributed by atoms with Crippen LogP contribution in [0.25, 0.3) is 0 Å². The van der Waals surface area contributed by atoms with E-state index >= 15 is 0 Å². The van der Waals surface area contributed by atoms with Crippen LogP contribution in [-0.4, -0.2) is 46.9 Å². The number of ether oxygens (including phenoxy) is 1. The van der Waals surface area contributed by atoms with Crippen molar-refractivity contribution in [3.63, 3.8) is 0 Å². The predicted molar refractivity (Wildman–Crippen MR) is 273 cm³/mol. The summed E-state index contributed by atoms with van der Waals surface area (Å²) < 4.78 is 5.96. The van der Waals surface area contributed by atoms with Crippen LogP contribution in [-0.2, 0) is 14.3 Å². The van der Waals surface area contributed by atoms with Crippen molar-refractivity contribution >= 4 is 11.9 Å². The van der Waals surface area contributed by atoms with Crippen molar-refractivity contribution in [2.75, 3.05) is 6.61 Å². The van der Waals surface area contributed by atoms with E-state index in [1.807, 2.05) is 0 Å². The maximum atomic E-state index is 13.2. The highest BCUT2D eigenvalue weighted by molar-refractivity contribution is 5.77. The van der Waals surface area contributed by atoms with Gasteiger partial charge in [-0.05, 0) is 51.4 Å². The Kier molecular flexibility index (Phi) is 50.4. The molecule has 0 radical (unpaired) electrons. The lowest BCUT2D eigenvalue weighted by Crippen LogP contribution is -2.46. The zero-order valence-corrected chi connectivity index (χ0v) is 42.7. The predicted octanol–water partition coefficient (Wildman–Crippen LogP) is 17.3. The van der Waals surface area contributed by atoms with Gasteiger partial charge in [0, 0.05) is 6.42 Å². The normalized spacial score (nSPS) is 13.2. The molecule has 374 valence electrons. The summed E-state index contributed by atoms with van der Waals surface area (Å²) in [7, 11) is 0. The Morgan fingerprint density at radius 3 is 1.13 bits per heavy atom. The minimum Gasteiger partial charge on any atom is -0.462 e. The Morgan fingerprint density at radius 1 is 0.444 bits per heavy atom. The Hall–Kier alpha value is -1.40. The molecule has 6 heteroatoms. The molecule has 0 spiro atoms. The third-order valence-corrected chi connectivity index (χ3v) is 13.3. The average molecular weight is 891 g/mol. The number of esters is 1. The zero-order chi connectivity index (χ0) is 45.9. The van der Waals surface area contributed by atoms with Gasteiger partial charge in [-0.2, -0.15) is 0 Å². The molecule has 3 N–H and O–H groups in total. The summed E-state index contributed by atoms with van der Waals surface area (Å²) in [5.41, 5.74) is 0. The summed E-state index contributed by atoms with van der Waals surface area (Å²) in [5, 5.41) is 23.9. The molecule has 0 aliphatic carbocycles. The maximum absolute atomic E-state index is 13.2. The first-order chi connectivity index (χ1) is 31.0. The highest BCUT2D eigenvalue weighted by Crippen LogP contribution is 2.19. The van der Waals surface area contributed by atoms with Crippen molar-refractivity contribution in [2.24, 2.45) is 0 Å². The minimum absolute atomic E-state index is 0.0794. The summed E-state index contributed by atoms with van der Waals surface area (Å²) in [6.07, 6.45) is 58.4.